The van der Waals surface area contributed by atoms with Crippen molar-refractivity contribution >= 4 is 11.6 Å². The summed E-state index contributed by atoms with van der Waals surface area (Å²) >= 11 is 6.15. The largest absolute Gasteiger partial charge is 0.271 e. The van der Waals surface area contributed by atoms with Crippen LogP contribution in [0.25, 0.3) is 0 Å². The number of hydrogen-bond donors (Lipinski definition) is 2. The zero-order valence-electron chi connectivity index (χ0n) is 12.6. The maximum atomic E-state index is 6.15. The van der Waals surface area contributed by atoms with Crippen LogP contribution in [0.15, 0.2) is 18.5 Å². The van der Waals surface area contributed by atoms with Crippen LogP contribution in [0.2, 0.25) is 5.02 Å². The van der Waals surface area contributed by atoms with Crippen LogP contribution >= 0.6 is 11.6 Å². The van der Waals surface area contributed by atoms with E-state index in [1.54, 1.807) is 12.4 Å². The molecule has 0 bridgehead atoms. The van der Waals surface area contributed by atoms with Crippen LogP contribution in [-0.4, -0.2) is 4.98 Å². The van der Waals surface area contributed by atoms with Crippen molar-refractivity contribution in [1.29, 1.82) is 0 Å². The SMILES string of the molecule is CCCCCCCCCCC(NN)c1ccncc1Cl. The van der Waals surface area contributed by atoms with Crippen molar-refractivity contribution < 1.29 is 0 Å². The number of aromatic nitrogens is 1. The van der Waals surface area contributed by atoms with Crippen LogP contribution in [0.5, 0.6) is 0 Å². The topological polar surface area (TPSA) is 50.9 Å². The Bertz CT molecular complexity index is 357. The van der Waals surface area contributed by atoms with E-state index in [2.05, 4.69) is 17.3 Å². The summed E-state index contributed by atoms with van der Waals surface area (Å²) in [6.45, 7) is 2.25. The first-order valence-corrected chi connectivity index (χ1v) is 8.23. The molecule has 0 aromatic carbocycles. The molecule has 0 radical (unpaired) electrons. The third kappa shape index (κ3) is 6.69. The molecule has 4 heteroatoms. The van der Waals surface area contributed by atoms with Gasteiger partial charge in [0.2, 0.25) is 0 Å². The van der Waals surface area contributed by atoms with Gasteiger partial charge in [0.1, 0.15) is 0 Å². The quantitative estimate of drug-likeness (QED) is 0.351. The van der Waals surface area contributed by atoms with Crippen LogP contribution in [-0.2, 0) is 0 Å². The van der Waals surface area contributed by atoms with Crippen LogP contribution in [0, 0.1) is 0 Å². The van der Waals surface area contributed by atoms with Crippen molar-refractivity contribution in [2.75, 3.05) is 0 Å². The van der Waals surface area contributed by atoms with Gasteiger partial charge < -0.3 is 0 Å². The van der Waals surface area contributed by atoms with E-state index in [0.29, 0.717) is 5.02 Å². The second-order valence-corrected chi connectivity index (χ2v) is 5.79. The number of hydrogen-bond acceptors (Lipinski definition) is 3. The van der Waals surface area contributed by atoms with Gasteiger partial charge in [0.05, 0.1) is 5.02 Å². The summed E-state index contributed by atoms with van der Waals surface area (Å²) in [6, 6.07) is 2.07. The van der Waals surface area contributed by atoms with E-state index in [9.17, 15) is 0 Å². The minimum Gasteiger partial charge on any atom is -0.271 e. The average molecular weight is 298 g/mol. The van der Waals surface area contributed by atoms with Gasteiger partial charge in [-0.05, 0) is 18.1 Å². The van der Waals surface area contributed by atoms with Crippen LogP contribution in [0.3, 0.4) is 0 Å². The molecule has 0 aliphatic carbocycles. The van der Waals surface area contributed by atoms with Gasteiger partial charge in [-0.15, -0.1) is 0 Å². The van der Waals surface area contributed by atoms with Gasteiger partial charge in [0, 0.05) is 18.4 Å². The highest BCUT2D eigenvalue weighted by Crippen LogP contribution is 2.25. The van der Waals surface area contributed by atoms with Crippen molar-refractivity contribution in [1.82, 2.24) is 10.4 Å². The third-order valence-electron chi connectivity index (χ3n) is 3.73. The maximum absolute atomic E-state index is 6.15. The molecule has 114 valence electrons. The lowest BCUT2D eigenvalue weighted by Gasteiger charge is -2.17. The number of rotatable bonds is 11. The van der Waals surface area contributed by atoms with Gasteiger partial charge in [0.25, 0.3) is 0 Å². The van der Waals surface area contributed by atoms with Crippen molar-refractivity contribution in [3.8, 4) is 0 Å². The Kier molecular flexibility index (Phi) is 9.63. The van der Waals surface area contributed by atoms with Gasteiger partial charge in [-0.1, -0.05) is 69.9 Å². The number of unbranched alkanes of at least 4 members (excludes halogenated alkanes) is 7. The summed E-state index contributed by atoms with van der Waals surface area (Å²) in [5, 5.41) is 0.690. The fourth-order valence-corrected chi connectivity index (χ4v) is 2.73. The molecule has 0 amide bonds. The highest BCUT2D eigenvalue weighted by atomic mass is 35.5. The molecule has 0 aliphatic heterocycles. The first kappa shape index (κ1) is 17.4. The molecule has 0 aliphatic rings. The Labute approximate surface area is 128 Å². The smallest absolute Gasteiger partial charge is 0.0637 e. The average Bonchev–Trinajstić information content (AvgIpc) is 2.47. The van der Waals surface area contributed by atoms with E-state index in [4.69, 9.17) is 17.4 Å². The summed E-state index contributed by atoms with van der Waals surface area (Å²) in [5.41, 5.74) is 3.91. The molecule has 1 unspecified atom stereocenters. The van der Waals surface area contributed by atoms with E-state index in [1.165, 1.54) is 51.4 Å². The zero-order chi connectivity index (χ0) is 14.6. The minimum absolute atomic E-state index is 0.130. The second-order valence-electron chi connectivity index (χ2n) is 5.38. The number of nitrogens with one attached hydrogen (secondary N) is 1. The maximum Gasteiger partial charge on any atom is 0.0637 e. The first-order valence-electron chi connectivity index (χ1n) is 7.85. The number of pyridine rings is 1. The summed E-state index contributed by atoms with van der Waals surface area (Å²) in [6.07, 6.45) is 15.1. The molecular weight excluding hydrogens is 270 g/mol. The van der Waals surface area contributed by atoms with Gasteiger partial charge in [-0.3, -0.25) is 16.3 Å². The molecule has 3 N–H and O–H groups in total. The molecule has 0 fully saturated rings. The summed E-state index contributed by atoms with van der Waals surface area (Å²) in [4.78, 5) is 4.01. The zero-order valence-corrected chi connectivity index (χ0v) is 13.3. The van der Waals surface area contributed by atoms with E-state index in [1.807, 2.05) is 6.07 Å². The number of nitrogens with zero attached hydrogens (tertiary/aromatic N) is 1. The van der Waals surface area contributed by atoms with Gasteiger partial charge in [-0.25, -0.2) is 0 Å². The fourth-order valence-electron chi connectivity index (χ4n) is 2.48. The molecule has 1 heterocycles. The van der Waals surface area contributed by atoms with Gasteiger partial charge in [0.15, 0.2) is 0 Å². The number of halogens is 1. The first-order chi connectivity index (χ1) is 9.79. The Morgan fingerprint density at radius 2 is 1.80 bits per heavy atom. The lowest BCUT2D eigenvalue weighted by atomic mass is 10.0. The van der Waals surface area contributed by atoms with E-state index < -0.39 is 0 Å². The highest BCUT2D eigenvalue weighted by Gasteiger charge is 2.12. The molecule has 1 aromatic heterocycles. The number of hydrazine groups is 1. The lowest BCUT2D eigenvalue weighted by molar-refractivity contribution is 0.475. The lowest BCUT2D eigenvalue weighted by Crippen LogP contribution is -2.28. The Morgan fingerprint density at radius 3 is 2.40 bits per heavy atom. The predicted octanol–water partition coefficient (Wildman–Crippen LogP) is 4.77. The third-order valence-corrected chi connectivity index (χ3v) is 4.04. The van der Waals surface area contributed by atoms with Crippen LogP contribution in [0.1, 0.15) is 76.3 Å². The predicted molar refractivity (Wildman–Crippen MR) is 86.5 cm³/mol. The molecular formula is C16H28ClN3. The van der Waals surface area contributed by atoms with Crippen LogP contribution < -0.4 is 11.3 Å². The number of nitrogens with two attached hydrogens (primary N) is 1. The molecule has 1 rings (SSSR count). The minimum atomic E-state index is 0.130. The molecule has 3 nitrogen and oxygen atoms in total. The standard InChI is InChI=1S/C16H28ClN3/c1-2-3-4-5-6-7-8-9-10-16(20-18)14-11-12-19-13-15(14)17/h11-13,16,20H,2-10,18H2,1H3. The molecule has 1 aromatic rings. The van der Waals surface area contributed by atoms with Crippen molar-refractivity contribution in [2.24, 2.45) is 5.84 Å². The van der Waals surface area contributed by atoms with Gasteiger partial charge in [-0.2, -0.15) is 0 Å². The molecule has 20 heavy (non-hydrogen) atoms. The Balaban J connectivity index is 2.18. The van der Waals surface area contributed by atoms with E-state index in [-0.39, 0.29) is 6.04 Å². The van der Waals surface area contributed by atoms with Crippen LogP contribution in [0.4, 0.5) is 0 Å². The summed E-state index contributed by atoms with van der Waals surface area (Å²) < 4.78 is 0. The Morgan fingerprint density at radius 1 is 1.15 bits per heavy atom. The highest BCUT2D eigenvalue weighted by molar-refractivity contribution is 6.31. The van der Waals surface area contributed by atoms with Crippen molar-refractivity contribution in [2.45, 2.75) is 70.8 Å². The summed E-state index contributed by atoms with van der Waals surface area (Å²) in [5.74, 6) is 5.64. The molecule has 0 saturated heterocycles. The summed E-state index contributed by atoms with van der Waals surface area (Å²) in [7, 11) is 0. The van der Waals surface area contributed by atoms with E-state index in [0.717, 1.165) is 12.0 Å². The van der Waals surface area contributed by atoms with Crippen molar-refractivity contribution in [3.05, 3.63) is 29.0 Å². The van der Waals surface area contributed by atoms with E-state index >= 15 is 0 Å². The normalized spacial score (nSPS) is 12.6. The van der Waals surface area contributed by atoms with Gasteiger partial charge >= 0.3 is 0 Å². The fraction of sp³-hybridized carbons (Fsp3) is 0.688. The molecule has 0 spiro atoms. The monoisotopic (exact) mass is 297 g/mol. The van der Waals surface area contributed by atoms with Crippen molar-refractivity contribution in [3.63, 3.8) is 0 Å². The molecule has 0 saturated carbocycles. The Hall–Kier alpha value is -0.640. The molecule has 1 atom stereocenters. The second kappa shape index (κ2) is 11.1.